The molecule has 0 aliphatic rings. The van der Waals surface area contributed by atoms with E-state index in [2.05, 4.69) is 10.4 Å². The Kier molecular flexibility index (Phi) is 3.37. The van der Waals surface area contributed by atoms with Gasteiger partial charge in [0.15, 0.2) is 0 Å². The van der Waals surface area contributed by atoms with Crippen LogP contribution in [0.4, 0.5) is 0 Å². The van der Waals surface area contributed by atoms with Gasteiger partial charge in [-0.25, -0.2) is 5.43 Å². The van der Waals surface area contributed by atoms with E-state index in [9.17, 15) is 15.0 Å². The third-order valence-corrected chi connectivity index (χ3v) is 3.17. The summed E-state index contributed by atoms with van der Waals surface area (Å²) in [4.78, 5) is 15.3. The van der Waals surface area contributed by atoms with Crippen molar-refractivity contribution < 1.29 is 15.0 Å². The molecule has 0 saturated carbocycles. The minimum Gasteiger partial charge on any atom is -0.506 e. The third kappa shape index (κ3) is 2.35. The highest BCUT2D eigenvalue weighted by Gasteiger charge is 2.32. The fourth-order valence-corrected chi connectivity index (χ4v) is 1.94. The normalized spacial score (nSPS) is 14.2. The van der Waals surface area contributed by atoms with Crippen LogP contribution in [0.15, 0.2) is 30.5 Å². The van der Waals surface area contributed by atoms with Crippen molar-refractivity contribution in [3.63, 3.8) is 0 Å². The van der Waals surface area contributed by atoms with E-state index in [-0.39, 0.29) is 12.2 Å². The molecule has 5 N–H and O–H groups in total. The van der Waals surface area contributed by atoms with Gasteiger partial charge in [-0.2, -0.15) is 0 Å². The van der Waals surface area contributed by atoms with E-state index in [0.29, 0.717) is 10.9 Å². The van der Waals surface area contributed by atoms with Crippen molar-refractivity contribution in [3.8, 4) is 5.75 Å². The summed E-state index contributed by atoms with van der Waals surface area (Å²) < 4.78 is 0. The SMILES string of the molecule is CC(Cc1ccc(O)c2ncccc12)(NN)C(=O)O. The van der Waals surface area contributed by atoms with Crippen molar-refractivity contribution in [2.75, 3.05) is 0 Å². The molecule has 1 aromatic carbocycles. The predicted molar refractivity (Wildman–Crippen MR) is 70.5 cm³/mol. The second-order valence-corrected chi connectivity index (χ2v) is 4.60. The molecule has 1 unspecified atom stereocenters. The summed E-state index contributed by atoms with van der Waals surface area (Å²) in [6, 6.07) is 6.71. The van der Waals surface area contributed by atoms with E-state index in [1.807, 2.05) is 0 Å². The molecule has 6 heteroatoms. The lowest BCUT2D eigenvalue weighted by molar-refractivity contribution is -0.144. The zero-order chi connectivity index (χ0) is 14.0. The van der Waals surface area contributed by atoms with E-state index >= 15 is 0 Å². The van der Waals surface area contributed by atoms with Crippen LogP contribution in [0.1, 0.15) is 12.5 Å². The molecule has 0 amide bonds. The van der Waals surface area contributed by atoms with Crippen molar-refractivity contribution in [2.24, 2.45) is 5.84 Å². The van der Waals surface area contributed by atoms with Crippen LogP contribution >= 0.6 is 0 Å². The van der Waals surface area contributed by atoms with E-state index in [1.54, 1.807) is 24.4 Å². The Balaban J connectivity index is 2.52. The number of hydrogen-bond acceptors (Lipinski definition) is 5. The number of fused-ring (bicyclic) bond motifs is 1. The number of nitrogens with zero attached hydrogens (tertiary/aromatic N) is 1. The van der Waals surface area contributed by atoms with Gasteiger partial charge in [0.25, 0.3) is 0 Å². The van der Waals surface area contributed by atoms with Crippen LogP contribution in [-0.2, 0) is 11.2 Å². The number of phenolic OH excluding ortho intramolecular Hbond substituents is 1. The fourth-order valence-electron chi connectivity index (χ4n) is 1.94. The molecular formula is C13H15N3O3. The van der Waals surface area contributed by atoms with Crippen LogP contribution in [0.25, 0.3) is 10.9 Å². The number of rotatable bonds is 4. The molecule has 2 aromatic rings. The van der Waals surface area contributed by atoms with Gasteiger partial charge >= 0.3 is 5.97 Å². The van der Waals surface area contributed by atoms with Crippen LogP contribution in [0.2, 0.25) is 0 Å². The molecule has 0 fully saturated rings. The second kappa shape index (κ2) is 4.83. The van der Waals surface area contributed by atoms with E-state index in [1.165, 1.54) is 13.0 Å². The molecule has 0 aliphatic carbocycles. The lowest BCUT2D eigenvalue weighted by Crippen LogP contribution is -2.54. The Morgan fingerprint density at radius 2 is 2.21 bits per heavy atom. The van der Waals surface area contributed by atoms with Gasteiger partial charge in [-0.3, -0.25) is 15.6 Å². The first-order valence-corrected chi connectivity index (χ1v) is 5.74. The highest BCUT2D eigenvalue weighted by atomic mass is 16.4. The molecule has 0 radical (unpaired) electrons. The number of nitrogens with one attached hydrogen (secondary N) is 1. The molecule has 1 heterocycles. The molecule has 6 nitrogen and oxygen atoms in total. The number of carboxylic acid groups (broad SMARTS) is 1. The Bertz CT molecular complexity index is 630. The van der Waals surface area contributed by atoms with E-state index in [0.717, 1.165) is 5.56 Å². The number of carbonyl (C=O) groups is 1. The topological polar surface area (TPSA) is 108 Å². The average molecular weight is 261 g/mol. The molecular weight excluding hydrogens is 246 g/mol. The molecule has 1 atom stereocenters. The monoisotopic (exact) mass is 261 g/mol. The van der Waals surface area contributed by atoms with E-state index < -0.39 is 11.5 Å². The maximum absolute atomic E-state index is 11.3. The van der Waals surface area contributed by atoms with Crippen LogP contribution in [0, 0.1) is 0 Å². The number of hydrogen-bond donors (Lipinski definition) is 4. The summed E-state index contributed by atoms with van der Waals surface area (Å²) >= 11 is 0. The van der Waals surface area contributed by atoms with Gasteiger partial charge < -0.3 is 10.2 Å². The maximum Gasteiger partial charge on any atom is 0.325 e. The molecule has 0 aliphatic heterocycles. The number of pyridine rings is 1. The number of aromatic nitrogens is 1. The first-order chi connectivity index (χ1) is 8.98. The van der Waals surface area contributed by atoms with Gasteiger partial charge in [0, 0.05) is 18.0 Å². The summed E-state index contributed by atoms with van der Waals surface area (Å²) in [5.41, 5.74) is 2.25. The standard InChI is InChI=1S/C13H15N3O3/c1-13(16-14,12(18)19)7-8-4-5-10(17)11-9(8)3-2-6-15-11/h2-6,16-17H,7,14H2,1H3,(H,18,19). The average Bonchev–Trinajstić information content (AvgIpc) is 2.42. The van der Waals surface area contributed by atoms with Gasteiger partial charge in [0.2, 0.25) is 0 Å². The zero-order valence-corrected chi connectivity index (χ0v) is 10.4. The van der Waals surface area contributed by atoms with Crippen molar-refractivity contribution in [1.29, 1.82) is 0 Å². The first-order valence-electron chi connectivity index (χ1n) is 5.74. The van der Waals surface area contributed by atoms with Crippen LogP contribution < -0.4 is 11.3 Å². The van der Waals surface area contributed by atoms with E-state index in [4.69, 9.17) is 5.84 Å². The molecule has 0 spiro atoms. The van der Waals surface area contributed by atoms with Gasteiger partial charge in [0.05, 0.1) is 0 Å². The molecule has 1 aromatic heterocycles. The zero-order valence-electron chi connectivity index (χ0n) is 10.4. The Labute approximate surface area is 109 Å². The number of aromatic hydroxyl groups is 1. The highest BCUT2D eigenvalue weighted by molar-refractivity contribution is 5.88. The van der Waals surface area contributed by atoms with Crippen LogP contribution in [0.3, 0.4) is 0 Å². The number of aliphatic carboxylic acids is 1. The lowest BCUT2D eigenvalue weighted by Gasteiger charge is -2.24. The highest BCUT2D eigenvalue weighted by Crippen LogP contribution is 2.27. The van der Waals surface area contributed by atoms with Gasteiger partial charge in [0.1, 0.15) is 16.8 Å². The number of nitrogens with two attached hydrogens (primary N) is 1. The lowest BCUT2D eigenvalue weighted by atomic mass is 9.91. The quantitative estimate of drug-likeness (QED) is 0.478. The number of phenols is 1. The maximum atomic E-state index is 11.3. The summed E-state index contributed by atoms with van der Waals surface area (Å²) in [5.74, 6) is 4.36. The largest absolute Gasteiger partial charge is 0.506 e. The fraction of sp³-hybridized carbons (Fsp3) is 0.231. The summed E-state index contributed by atoms with van der Waals surface area (Å²) in [7, 11) is 0. The van der Waals surface area contributed by atoms with Gasteiger partial charge in [-0.05, 0) is 24.6 Å². The number of carboxylic acids is 1. The molecule has 19 heavy (non-hydrogen) atoms. The molecule has 100 valence electrons. The van der Waals surface area contributed by atoms with Crippen LogP contribution in [-0.4, -0.2) is 26.7 Å². The minimum absolute atomic E-state index is 0.0667. The smallest absolute Gasteiger partial charge is 0.325 e. The molecule has 2 rings (SSSR count). The Morgan fingerprint density at radius 3 is 2.84 bits per heavy atom. The Morgan fingerprint density at radius 1 is 1.47 bits per heavy atom. The van der Waals surface area contributed by atoms with Crippen LogP contribution in [0.5, 0.6) is 5.75 Å². The number of hydrazine groups is 1. The third-order valence-electron chi connectivity index (χ3n) is 3.17. The van der Waals surface area contributed by atoms with Crippen molar-refractivity contribution in [3.05, 3.63) is 36.0 Å². The number of benzene rings is 1. The molecule has 0 saturated heterocycles. The second-order valence-electron chi connectivity index (χ2n) is 4.60. The van der Waals surface area contributed by atoms with Gasteiger partial charge in [-0.15, -0.1) is 0 Å². The summed E-state index contributed by atoms with van der Waals surface area (Å²) in [5, 5.41) is 19.7. The summed E-state index contributed by atoms with van der Waals surface area (Å²) in [6.45, 7) is 1.50. The van der Waals surface area contributed by atoms with Gasteiger partial charge in [-0.1, -0.05) is 12.1 Å². The van der Waals surface area contributed by atoms with Crippen molar-refractivity contribution >= 4 is 16.9 Å². The first kappa shape index (κ1) is 13.3. The predicted octanol–water partition coefficient (Wildman–Crippen LogP) is 0.789. The van der Waals surface area contributed by atoms with Crippen molar-refractivity contribution in [1.82, 2.24) is 10.4 Å². The Hall–Kier alpha value is -2.18. The van der Waals surface area contributed by atoms with Crippen molar-refractivity contribution in [2.45, 2.75) is 18.9 Å². The minimum atomic E-state index is -1.28. The molecule has 0 bridgehead atoms. The summed E-state index contributed by atoms with van der Waals surface area (Å²) in [6.07, 6.45) is 1.75.